The molecule has 0 spiro atoms. The minimum atomic E-state index is -0.434. The van der Waals surface area contributed by atoms with Crippen LogP contribution in [0.3, 0.4) is 0 Å². The van der Waals surface area contributed by atoms with Gasteiger partial charge in [0.2, 0.25) is 0 Å². The SMILES string of the molecule is CCOC(=O)c1c(C)nc2cccc(OC3CCCCCC3)c2c1N. The molecule has 1 aliphatic carbocycles. The average Bonchev–Trinajstić information content (AvgIpc) is 2.83. The molecule has 1 heterocycles. The predicted molar refractivity (Wildman–Crippen MR) is 99.0 cm³/mol. The summed E-state index contributed by atoms with van der Waals surface area (Å²) in [5.41, 5.74) is 8.42. The van der Waals surface area contributed by atoms with E-state index < -0.39 is 5.97 Å². The van der Waals surface area contributed by atoms with Gasteiger partial charge in [0.1, 0.15) is 11.3 Å². The number of fused-ring (bicyclic) bond motifs is 1. The third-order valence-electron chi connectivity index (χ3n) is 4.77. The second kappa shape index (κ2) is 7.72. The fraction of sp³-hybridized carbons (Fsp3) is 0.500. The fourth-order valence-electron chi connectivity index (χ4n) is 3.54. The molecule has 3 rings (SSSR count). The van der Waals surface area contributed by atoms with Crippen LogP contribution in [-0.4, -0.2) is 23.7 Å². The number of aryl methyl sites for hydroxylation is 1. The van der Waals surface area contributed by atoms with Gasteiger partial charge in [0.15, 0.2) is 0 Å². The number of aromatic nitrogens is 1. The van der Waals surface area contributed by atoms with Gasteiger partial charge in [0, 0.05) is 0 Å². The van der Waals surface area contributed by atoms with Gasteiger partial charge in [-0.05, 0) is 51.7 Å². The van der Waals surface area contributed by atoms with Crippen molar-refractivity contribution in [2.75, 3.05) is 12.3 Å². The van der Waals surface area contributed by atoms with Crippen LogP contribution in [0.2, 0.25) is 0 Å². The monoisotopic (exact) mass is 342 g/mol. The molecular weight excluding hydrogens is 316 g/mol. The summed E-state index contributed by atoms with van der Waals surface area (Å²) in [5.74, 6) is 0.274. The Balaban J connectivity index is 2.03. The molecule has 5 nitrogen and oxygen atoms in total. The minimum Gasteiger partial charge on any atom is -0.490 e. The van der Waals surface area contributed by atoms with E-state index in [-0.39, 0.29) is 6.10 Å². The van der Waals surface area contributed by atoms with E-state index in [2.05, 4.69) is 4.98 Å². The molecule has 0 amide bonds. The Morgan fingerprint density at radius 1 is 1.24 bits per heavy atom. The Morgan fingerprint density at radius 2 is 1.96 bits per heavy atom. The second-order valence-electron chi connectivity index (χ2n) is 6.59. The molecular formula is C20H26N2O3. The van der Waals surface area contributed by atoms with Crippen LogP contribution in [0.5, 0.6) is 5.75 Å². The summed E-state index contributed by atoms with van der Waals surface area (Å²) in [7, 11) is 0. The van der Waals surface area contributed by atoms with Crippen LogP contribution in [-0.2, 0) is 4.74 Å². The maximum atomic E-state index is 12.3. The molecule has 0 radical (unpaired) electrons. The minimum absolute atomic E-state index is 0.194. The smallest absolute Gasteiger partial charge is 0.342 e. The van der Waals surface area contributed by atoms with Crippen LogP contribution in [0, 0.1) is 6.92 Å². The third-order valence-corrected chi connectivity index (χ3v) is 4.77. The van der Waals surface area contributed by atoms with Crippen LogP contribution >= 0.6 is 0 Å². The van der Waals surface area contributed by atoms with Crippen LogP contribution in [0.15, 0.2) is 18.2 Å². The number of carbonyl (C=O) groups is 1. The predicted octanol–water partition coefficient (Wildman–Crippen LogP) is 4.40. The Bertz CT molecular complexity index is 765. The zero-order chi connectivity index (χ0) is 17.8. The van der Waals surface area contributed by atoms with Crippen molar-refractivity contribution in [1.29, 1.82) is 0 Å². The molecule has 1 fully saturated rings. The van der Waals surface area contributed by atoms with Crippen molar-refractivity contribution in [3.05, 3.63) is 29.5 Å². The third kappa shape index (κ3) is 3.70. The van der Waals surface area contributed by atoms with Crippen molar-refractivity contribution in [1.82, 2.24) is 4.98 Å². The van der Waals surface area contributed by atoms with Crippen LogP contribution in [0.1, 0.15) is 61.5 Å². The molecule has 5 heteroatoms. The molecule has 0 atom stereocenters. The summed E-state index contributed by atoms with van der Waals surface area (Å²) in [6.45, 7) is 3.86. The van der Waals surface area contributed by atoms with Crippen molar-refractivity contribution in [2.45, 2.75) is 58.5 Å². The maximum Gasteiger partial charge on any atom is 0.342 e. The first-order chi connectivity index (χ1) is 12.1. The Hall–Kier alpha value is -2.30. The van der Waals surface area contributed by atoms with Gasteiger partial charge in [-0.2, -0.15) is 0 Å². The van der Waals surface area contributed by atoms with E-state index in [1.807, 2.05) is 18.2 Å². The van der Waals surface area contributed by atoms with E-state index in [0.717, 1.165) is 18.4 Å². The van der Waals surface area contributed by atoms with E-state index in [0.29, 0.717) is 34.7 Å². The van der Waals surface area contributed by atoms with Crippen LogP contribution in [0.25, 0.3) is 10.9 Å². The number of esters is 1. The summed E-state index contributed by atoms with van der Waals surface area (Å²) in [4.78, 5) is 16.8. The van der Waals surface area contributed by atoms with Crippen LogP contribution < -0.4 is 10.5 Å². The van der Waals surface area contributed by atoms with Gasteiger partial charge in [-0.1, -0.05) is 18.9 Å². The highest BCUT2D eigenvalue weighted by molar-refractivity contribution is 6.07. The number of nitrogen functional groups attached to an aromatic ring is 1. The normalized spacial score (nSPS) is 15.8. The van der Waals surface area contributed by atoms with Crippen molar-refractivity contribution in [3.8, 4) is 5.75 Å². The quantitative estimate of drug-likeness (QED) is 0.658. The number of hydrogen-bond acceptors (Lipinski definition) is 5. The highest BCUT2D eigenvalue weighted by Gasteiger charge is 2.22. The molecule has 1 saturated carbocycles. The van der Waals surface area contributed by atoms with Gasteiger partial charge in [0.25, 0.3) is 0 Å². The first kappa shape index (κ1) is 17.5. The molecule has 0 unspecified atom stereocenters. The number of nitrogens with zero attached hydrogens (tertiary/aromatic N) is 1. The molecule has 1 aliphatic rings. The Kier molecular flexibility index (Phi) is 5.41. The highest BCUT2D eigenvalue weighted by atomic mass is 16.5. The molecule has 0 aliphatic heterocycles. The van der Waals surface area contributed by atoms with Crippen molar-refractivity contribution >= 4 is 22.6 Å². The molecule has 2 aromatic rings. The summed E-state index contributed by atoms with van der Waals surface area (Å²) in [6.07, 6.45) is 7.23. The Morgan fingerprint density at radius 3 is 2.64 bits per heavy atom. The van der Waals surface area contributed by atoms with Gasteiger partial charge in [-0.25, -0.2) is 4.79 Å². The molecule has 1 aromatic heterocycles. The molecule has 25 heavy (non-hydrogen) atoms. The number of anilines is 1. The van der Waals surface area contributed by atoms with Crippen LogP contribution in [0.4, 0.5) is 5.69 Å². The van der Waals surface area contributed by atoms with Gasteiger partial charge in [-0.3, -0.25) is 4.98 Å². The Labute approximate surface area is 148 Å². The lowest BCUT2D eigenvalue weighted by Gasteiger charge is -2.20. The highest BCUT2D eigenvalue weighted by Crippen LogP contribution is 2.35. The summed E-state index contributed by atoms with van der Waals surface area (Å²) >= 11 is 0. The van der Waals surface area contributed by atoms with E-state index in [4.69, 9.17) is 15.2 Å². The largest absolute Gasteiger partial charge is 0.490 e. The van der Waals surface area contributed by atoms with Gasteiger partial charge >= 0.3 is 5.97 Å². The number of benzene rings is 1. The zero-order valence-corrected chi connectivity index (χ0v) is 15.0. The fourth-order valence-corrected chi connectivity index (χ4v) is 3.54. The second-order valence-corrected chi connectivity index (χ2v) is 6.59. The number of ether oxygens (including phenoxy) is 2. The topological polar surface area (TPSA) is 74.4 Å². The molecule has 1 aromatic carbocycles. The van der Waals surface area contributed by atoms with Gasteiger partial charge in [0.05, 0.1) is 35.0 Å². The standard InChI is InChI=1S/C20H26N2O3/c1-3-24-20(23)17-13(2)22-15-11-8-12-16(18(15)19(17)21)25-14-9-6-4-5-7-10-14/h8,11-12,14H,3-7,9-10H2,1-2H3,(H2,21,22). The molecule has 2 N–H and O–H groups in total. The summed E-state index contributed by atoms with van der Waals surface area (Å²) in [6, 6.07) is 5.73. The molecule has 0 saturated heterocycles. The van der Waals surface area contributed by atoms with E-state index in [1.165, 1.54) is 25.7 Å². The van der Waals surface area contributed by atoms with Crippen molar-refractivity contribution in [3.63, 3.8) is 0 Å². The number of rotatable bonds is 4. The zero-order valence-electron chi connectivity index (χ0n) is 15.0. The summed E-state index contributed by atoms with van der Waals surface area (Å²) in [5, 5.41) is 0.709. The first-order valence-corrected chi connectivity index (χ1v) is 9.14. The average molecular weight is 342 g/mol. The number of carbonyl (C=O) groups excluding carboxylic acids is 1. The lowest BCUT2D eigenvalue weighted by atomic mass is 10.1. The summed E-state index contributed by atoms with van der Waals surface area (Å²) < 4.78 is 11.4. The lowest BCUT2D eigenvalue weighted by Crippen LogP contribution is -2.16. The number of hydrogen-bond donors (Lipinski definition) is 1. The van der Waals surface area contributed by atoms with Crippen molar-refractivity contribution < 1.29 is 14.3 Å². The van der Waals surface area contributed by atoms with E-state index >= 15 is 0 Å². The lowest BCUT2D eigenvalue weighted by molar-refractivity contribution is 0.0526. The van der Waals surface area contributed by atoms with E-state index in [9.17, 15) is 4.79 Å². The number of pyridine rings is 1. The van der Waals surface area contributed by atoms with Crippen molar-refractivity contribution in [2.24, 2.45) is 0 Å². The van der Waals surface area contributed by atoms with Gasteiger partial charge < -0.3 is 15.2 Å². The molecule has 0 bridgehead atoms. The first-order valence-electron chi connectivity index (χ1n) is 9.14. The van der Waals surface area contributed by atoms with Gasteiger partial charge in [-0.15, -0.1) is 0 Å². The number of nitrogens with two attached hydrogens (primary N) is 1. The molecule has 134 valence electrons. The maximum absolute atomic E-state index is 12.3. The van der Waals surface area contributed by atoms with E-state index in [1.54, 1.807) is 13.8 Å².